The SMILES string of the molecule is CC(C)(C)OC(=O)NC1(CO)CC1(F)c1ccccc1. The zero-order chi connectivity index (χ0) is 15.0. The average Bonchev–Trinajstić information content (AvgIpc) is 2.95. The normalized spacial score (nSPS) is 28.9. The molecule has 2 atom stereocenters. The van der Waals surface area contributed by atoms with Crippen LogP contribution >= 0.6 is 0 Å². The Balaban J connectivity index is 2.12. The first kappa shape index (κ1) is 14.8. The maximum Gasteiger partial charge on any atom is 0.408 e. The number of alkyl carbamates (subject to hydrolysis) is 1. The second-order valence-corrected chi connectivity index (χ2v) is 6.21. The first-order valence-corrected chi connectivity index (χ1v) is 6.59. The molecule has 5 heteroatoms. The fraction of sp³-hybridized carbons (Fsp3) is 0.533. The van der Waals surface area contributed by atoms with Crippen molar-refractivity contribution in [2.75, 3.05) is 6.61 Å². The van der Waals surface area contributed by atoms with Crippen molar-refractivity contribution >= 4 is 6.09 Å². The lowest BCUT2D eigenvalue weighted by atomic mass is 10.0. The van der Waals surface area contributed by atoms with E-state index in [1.165, 1.54) is 0 Å². The highest BCUT2D eigenvalue weighted by Gasteiger charge is 2.71. The van der Waals surface area contributed by atoms with E-state index in [1.807, 2.05) is 0 Å². The molecule has 0 radical (unpaired) electrons. The van der Waals surface area contributed by atoms with Gasteiger partial charge in [0.25, 0.3) is 0 Å². The average molecular weight is 281 g/mol. The number of nitrogens with one attached hydrogen (secondary N) is 1. The summed E-state index contributed by atoms with van der Waals surface area (Å²) in [6, 6.07) is 8.54. The van der Waals surface area contributed by atoms with Crippen LogP contribution < -0.4 is 5.32 Å². The minimum absolute atomic E-state index is 0.0414. The van der Waals surface area contributed by atoms with Crippen LogP contribution in [0.25, 0.3) is 0 Å². The van der Waals surface area contributed by atoms with E-state index in [0.29, 0.717) is 5.56 Å². The number of alkyl halides is 1. The number of carbonyl (C=O) groups is 1. The molecule has 1 aliphatic rings. The Morgan fingerprint density at radius 2 is 2.00 bits per heavy atom. The highest BCUT2D eigenvalue weighted by atomic mass is 19.1. The largest absolute Gasteiger partial charge is 0.444 e. The number of benzene rings is 1. The summed E-state index contributed by atoms with van der Waals surface area (Å²) in [7, 11) is 0. The Bertz CT molecular complexity index is 500. The molecule has 110 valence electrons. The van der Waals surface area contributed by atoms with Crippen molar-refractivity contribution in [3.05, 3.63) is 35.9 Å². The van der Waals surface area contributed by atoms with Gasteiger partial charge in [0, 0.05) is 6.42 Å². The summed E-state index contributed by atoms with van der Waals surface area (Å²) in [6.45, 7) is 4.71. The molecule has 1 aliphatic carbocycles. The molecule has 0 heterocycles. The van der Waals surface area contributed by atoms with Gasteiger partial charge < -0.3 is 15.2 Å². The molecule has 0 bridgehead atoms. The van der Waals surface area contributed by atoms with Crippen LogP contribution in [0.3, 0.4) is 0 Å². The Morgan fingerprint density at radius 3 is 2.50 bits per heavy atom. The third-order valence-corrected chi connectivity index (χ3v) is 3.42. The van der Waals surface area contributed by atoms with Crippen LogP contribution in [-0.2, 0) is 10.4 Å². The second kappa shape index (κ2) is 4.74. The fourth-order valence-electron chi connectivity index (χ4n) is 2.32. The molecule has 2 N–H and O–H groups in total. The van der Waals surface area contributed by atoms with Gasteiger partial charge in [-0.2, -0.15) is 0 Å². The number of aliphatic hydroxyl groups is 1. The van der Waals surface area contributed by atoms with Gasteiger partial charge in [-0.3, -0.25) is 0 Å². The summed E-state index contributed by atoms with van der Waals surface area (Å²) in [5.74, 6) is 0. The predicted molar refractivity (Wildman–Crippen MR) is 73.0 cm³/mol. The zero-order valence-electron chi connectivity index (χ0n) is 11.9. The highest BCUT2D eigenvalue weighted by molar-refractivity contribution is 5.70. The number of hydrogen-bond acceptors (Lipinski definition) is 3. The maximum absolute atomic E-state index is 14.9. The fourth-order valence-corrected chi connectivity index (χ4v) is 2.32. The molecule has 0 aliphatic heterocycles. The van der Waals surface area contributed by atoms with Gasteiger partial charge in [-0.1, -0.05) is 30.3 Å². The van der Waals surface area contributed by atoms with Crippen molar-refractivity contribution in [1.29, 1.82) is 0 Å². The van der Waals surface area contributed by atoms with E-state index in [0.717, 1.165) is 0 Å². The smallest absolute Gasteiger partial charge is 0.408 e. The molecule has 4 nitrogen and oxygen atoms in total. The van der Waals surface area contributed by atoms with Crippen LogP contribution in [0.4, 0.5) is 9.18 Å². The van der Waals surface area contributed by atoms with E-state index in [-0.39, 0.29) is 6.42 Å². The molecule has 1 fully saturated rings. The first-order valence-electron chi connectivity index (χ1n) is 6.59. The quantitative estimate of drug-likeness (QED) is 0.895. The lowest BCUT2D eigenvalue weighted by Gasteiger charge is -2.24. The topological polar surface area (TPSA) is 58.6 Å². The van der Waals surface area contributed by atoms with Gasteiger partial charge in [0.15, 0.2) is 5.67 Å². The number of aliphatic hydroxyl groups excluding tert-OH is 1. The standard InChI is InChI=1S/C15H20FNO3/c1-13(2,3)20-12(19)17-14(10-18)9-15(14,16)11-7-5-4-6-8-11/h4-8,18H,9-10H2,1-3H3,(H,17,19). The molecule has 1 aromatic rings. The molecule has 1 saturated carbocycles. The molecule has 2 unspecified atom stereocenters. The highest BCUT2D eigenvalue weighted by Crippen LogP contribution is 2.58. The van der Waals surface area contributed by atoms with Gasteiger partial charge in [-0.15, -0.1) is 0 Å². The van der Waals surface area contributed by atoms with Crippen LogP contribution in [0.2, 0.25) is 0 Å². The lowest BCUT2D eigenvalue weighted by Crippen LogP contribution is -2.46. The summed E-state index contributed by atoms with van der Waals surface area (Å²) in [6.07, 6.45) is -0.679. The summed E-state index contributed by atoms with van der Waals surface area (Å²) >= 11 is 0. The molecule has 1 aromatic carbocycles. The number of ether oxygens (including phenoxy) is 1. The molecule has 0 saturated heterocycles. The van der Waals surface area contributed by atoms with Gasteiger partial charge in [0.2, 0.25) is 0 Å². The van der Waals surface area contributed by atoms with Crippen LogP contribution in [0.15, 0.2) is 30.3 Å². The van der Waals surface area contributed by atoms with Crippen LogP contribution in [0.5, 0.6) is 0 Å². The third kappa shape index (κ3) is 2.63. The summed E-state index contributed by atoms with van der Waals surface area (Å²) in [4.78, 5) is 11.8. The monoisotopic (exact) mass is 281 g/mol. The maximum atomic E-state index is 14.9. The van der Waals surface area contributed by atoms with E-state index in [2.05, 4.69) is 5.32 Å². The van der Waals surface area contributed by atoms with Crippen molar-refractivity contribution in [3.63, 3.8) is 0 Å². The summed E-state index contributed by atoms with van der Waals surface area (Å²) < 4.78 is 20.0. The molecular formula is C15H20FNO3. The van der Waals surface area contributed by atoms with E-state index in [9.17, 15) is 14.3 Å². The Hall–Kier alpha value is -1.62. The predicted octanol–water partition coefficient (Wildman–Crippen LogP) is 2.51. The number of hydrogen-bond donors (Lipinski definition) is 2. The minimum Gasteiger partial charge on any atom is -0.444 e. The van der Waals surface area contributed by atoms with Gasteiger partial charge in [-0.05, 0) is 26.3 Å². The zero-order valence-corrected chi connectivity index (χ0v) is 11.9. The van der Waals surface area contributed by atoms with Gasteiger partial charge >= 0.3 is 6.09 Å². The molecule has 1 amide bonds. The number of rotatable bonds is 3. The van der Waals surface area contributed by atoms with E-state index in [1.54, 1.807) is 51.1 Å². The number of halogens is 1. The number of amides is 1. The number of carbonyl (C=O) groups excluding carboxylic acids is 1. The Morgan fingerprint density at radius 1 is 1.40 bits per heavy atom. The third-order valence-electron chi connectivity index (χ3n) is 3.42. The van der Waals surface area contributed by atoms with Gasteiger partial charge in [0.1, 0.15) is 11.1 Å². The van der Waals surface area contributed by atoms with E-state index >= 15 is 0 Å². The van der Waals surface area contributed by atoms with Gasteiger partial charge in [0.05, 0.1) is 6.61 Å². The van der Waals surface area contributed by atoms with Crippen molar-refractivity contribution in [3.8, 4) is 0 Å². The minimum atomic E-state index is -1.75. The lowest BCUT2D eigenvalue weighted by molar-refractivity contribution is 0.0428. The molecule has 0 aromatic heterocycles. The molecular weight excluding hydrogens is 261 g/mol. The van der Waals surface area contributed by atoms with Crippen molar-refractivity contribution in [2.24, 2.45) is 0 Å². The van der Waals surface area contributed by atoms with Crippen molar-refractivity contribution in [2.45, 2.75) is 44.0 Å². The molecule has 20 heavy (non-hydrogen) atoms. The van der Waals surface area contributed by atoms with Gasteiger partial charge in [-0.25, -0.2) is 9.18 Å². The second-order valence-electron chi connectivity index (χ2n) is 6.21. The van der Waals surface area contributed by atoms with Crippen LogP contribution in [-0.4, -0.2) is 28.9 Å². The first-order chi connectivity index (χ1) is 9.22. The summed E-state index contributed by atoms with van der Waals surface area (Å²) in [5.41, 5.74) is -3.26. The van der Waals surface area contributed by atoms with Crippen LogP contribution in [0, 0.1) is 0 Å². The van der Waals surface area contributed by atoms with Crippen molar-refractivity contribution in [1.82, 2.24) is 5.32 Å². The Kier molecular flexibility index (Phi) is 3.50. The van der Waals surface area contributed by atoms with E-state index < -0.39 is 29.5 Å². The van der Waals surface area contributed by atoms with E-state index in [4.69, 9.17) is 4.74 Å². The van der Waals surface area contributed by atoms with Crippen LogP contribution in [0.1, 0.15) is 32.8 Å². The molecule has 2 rings (SSSR count). The summed E-state index contributed by atoms with van der Waals surface area (Å²) in [5, 5.41) is 12.0. The molecule has 0 spiro atoms. The van der Waals surface area contributed by atoms with Crippen molar-refractivity contribution < 1.29 is 19.0 Å². The Labute approximate surface area is 117 Å².